The van der Waals surface area contributed by atoms with Crippen molar-refractivity contribution in [3.05, 3.63) is 111 Å². The normalized spacial score (nSPS) is 11.1. The number of aryl methyl sites for hydroxylation is 1. The number of carboxylic acids is 1. The lowest BCUT2D eigenvalue weighted by molar-refractivity contribution is 0.0696. The monoisotopic (exact) mass is 465 g/mol. The number of benzene rings is 3. The largest absolute Gasteiger partial charge is 0.478 e. The van der Waals surface area contributed by atoms with Crippen LogP contribution in [0.15, 0.2) is 83.7 Å². The first-order chi connectivity index (χ1) is 16.9. The van der Waals surface area contributed by atoms with Gasteiger partial charge in [0, 0.05) is 11.6 Å². The lowest BCUT2D eigenvalue weighted by Crippen LogP contribution is -2.24. The van der Waals surface area contributed by atoms with Crippen LogP contribution in [0.2, 0.25) is 0 Å². The summed E-state index contributed by atoms with van der Waals surface area (Å²) in [7, 11) is 0. The van der Waals surface area contributed by atoms with Gasteiger partial charge in [0.05, 0.1) is 35.4 Å². The minimum Gasteiger partial charge on any atom is -0.478 e. The Bertz CT molecular complexity index is 1630. The van der Waals surface area contributed by atoms with E-state index in [4.69, 9.17) is 5.73 Å². The molecule has 0 spiro atoms. The van der Waals surface area contributed by atoms with E-state index in [1.54, 1.807) is 24.3 Å². The molecular weight excluding hydrogens is 442 g/mol. The van der Waals surface area contributed by atoms with E-state index in [1.165, 1.54) is 10.7 Å². The van der Waals surface area contributed by atoms with Gasteiger partial charge in [0.15, 0.2) is 0 Å². The second kappa shape index (κ2) is 8.90. The molecule has 0 amide bonds. The summed E-state index contributed by atoms with van der Waals surface area (Å²) in [6, 6.07) is 23.8. The number of aromatic nitrogens is 4. The number of nitrogens with zero attached hydrogens (tertiary/aromatic N) is 4. The maximum atomic E-state index is 12.6. The molecule has 2 aromatic heterocycles. The Labute approximate surface area is 200 Å². The predicted octanol–water partition coefficient (Wildman–Crippen LogP) is 3.95. The molecule has 3 N–H and O–H groups in total. The molecule has 2 heterocycles. The molecule has 5 aromatic rings. The summed E-state index contributed by atoms with van der Waals surface area (Å²) >= 11 is 0. The molecule has 35 heavy (non-hydrogen) atoms. The Hall–Kier alpha value is -4.72. The molecule has 0 fully saturated rings. The van der Waals surface area contributed by atoms with Gasteiger partial charge in [-0.1, -0.05) is 42.5 Å². The Morgan fingerprint density at radius 3 is 2.49 bits per heavy atom. The van der Waals surface area contributed by atoms with Gasteiger partial charge in [-0.05, 0) is 53.9 Å². The fraction of sp³-hybridized carbons (Fsp3) is 0.111. The van der Waals surface area contributed by atoms with Gasteiger partial charge in [0.25, 0.3) is 5.56 Å². The lowest BCUT2D eigenvalue weighted by Gasteiger charge is -2.12. The molecule has 0 aliphatic heterocycles. The average Bonchev–Trinajstić information content (AvgIpc) is 3.16. The predicted molar refractivity (Wildman–Crippen MR) is 134 cm³/mol. The van der Waals surface area contributed by atoms with Crippen LogP contribution in [0, 0.1) is 6.92 Å². The molecule has 0 aliphatic carbocycles. The summed E-state index contributed by atoms with van der Waals surface area (Å²) in [6.45, 7) is 2.57. The van der Waals surface area contributed by atoms with Crippen molar-refractivity contribution < 1.29 is 9.90 Å². The third kappa shape index (κ3) is 4.41. The Kier molecular flexibility index (Phi) is 5.62. The van der Waals surface area contributed by atoms with Crippen molar-refractivity contribution in [3.8, 4) is 11.3 Å². The summed E-state index contributed by atoms with van der Waals surface area (Å²) in [4.78, 5) is 28.4. The molecule has 0 aliphatic rings. The number of nitrogens with two attached hydrogens (primary N) is 1. The number of anilines is 1. The SMILES string of the molecule is Cc1cc(=O)n(Cc2cccc(C(=O)O)c2)nc1-c1cccc(Cn2c(N)nc3ccccc32)c1. The van der Waals surface area contributed by atoms with Crippen LogP contribution in [0.4, 0.5) is 5.95 Å². The maximum absolute atomic E-state index is 12.6. The number of carbonyl (C=O) groups is 1. The van der Waals surface area contributed by atoms with Crippen molar-refractivity contribution in [1.29, 1.82) is 0 Å². The van der Waals surface area contributed by atoms with Gasteiger partial charge in [0.2, 0.25) is 5.95 Å². The van der Waals surface area contributed by atoms with Crippen molar-refractivity contribution in [2.24, 2.45) is 0 Å². The average molecular weight is 466 g/mol. The van der Waals surface area contributed by atoms with Crippen molar-refractivity contribution in [3.63, 3.8) is 0 Å². The van der Waals surface area contributed by atoms with Crippen LogP contribution in [0.3, 0.4) is 0 Å². The van der Waals surface area contributed by atoms with Crippen LogP contribution in [0.25, 0.3) is 22.3 Å². The molecule has 0 unspecified atom stereocenters. The third-order valence-corrected chi connectivity index (χ3v) is 5.92. The first-order valence-corrected chi connectivity index (χ1v) is 11.1. The van der Waals surface area contributed by atoms with Crippen LogP contribution in [0.1, 0.15) is 27.0 Å². The quantitative estimate of drug-likeness (QED) is 0.392. The lowest BCUT2D eigenvalue weighted by atomic mass is 10.0. The highest BCUT2D eigenvalue weighted by atomic mass is 16.4. The van der Waals surface area contributed by atoms with Gasteiger partial charge in [0.1, 0.15) is 0 Å². The second-order valence-corrected chi connectivity index (χ2v) is 8.42. The van der Waals surface area contributed by atoms with Gasteiger partial charge >= 0.3 is 5.97 Å². The number of imidazole rings is 1. The van der Waals surface area contributed by atoms with Gasteiger partial charge in [-0.3, -0.25) is 4.79 Å². The molecule has 0 bridgehead atoms. The molecule has 0 saturated heterocycles. The molecule has 174 valence electrons. The van der Waals surface area contributed by atoms with Crippen molar-refractivity contribution in [1.82, 2.24) is 19.3 Å². The fourth-order valence-corrected chi connectivity index (χ4v) is 4.21. The van der Waals surface area contributed by atoms with E-state index < -0.39 is 5.97 Å². The van der Waals surface area contributed by atoms with Crippen LogP contribution >= 0.6 is 0 Å². The zero-order valence-corrected chi connectivity index (χ0v) is 19.0. The van der Waals surface area contributed by atoms with Crippen LogP contribution < -0.4 is 11.3 Å². The second-order valence-electron chi connectivity index (χ2n) is 8.42. The van der Waals surface area contributed by atoms with E-state index in [9.17, 15) is 14.7 Å². The number of para-hydroxylation sites is 2. The van der Waals surface area contributed by atoms with Crippen LogP contribution in [0.5, 0.6) is 0 Å². The number of fused-ring (bicyclic) bond motifs is 1. The number of nitrogen functional groups attached to an aromatic ring is 1. The zero-order valence-electron chi connectivity index (χ0n) is 19.0. The van der Waals surface area contributed by atoms with E-state index in [0.29, 0.717) is 23.8 Å². The highest BCUT2D eigenvalue weighted by molar-refractivity contribution is 5.87. The van der Waals surface area contributed by atoms with Crippen LogP contribution in [-0.4, -0.2) is 30.4 Å². The smallest absolute Gasteiger partial charge is 0.335 e. The van der Waals surface area contributed by atoms with Crippen LogP contribution in [-0.2, 0) is 13.1 Å². The van der Waals surface area contributed by atoms with E-state index in [0.717, 1.165) is 27.7 Å². The van der Waals surface area contributed by atoms with E-state index in [2.05, 4.69) is 10.1 Å². The van der Waals surface area contributed by atoms with Gasteiger partial charge in [-0.15, -0.1) is 0 Å². The maximum Gasteiger partial charge on any atom is 0.335 e. The molecule has 0 atom stereocenters. The Morgan fingerprint density at radius 1 is 0.943 bits per heavy atom. The van der Waals surface area contributed by atoms with Crippen molar-refractivity contribution >= 4 is 23.0 Å². The summed E-state index contributed by atoms with van der Waals surface area (Å²) in [6.07, 6.45) is 0. The standard InChI is InChI=1S/C27H23N5O3/c1-17-12-24(33)32(16-19-7-5-9-21(14-19)26(34)35)30-25(17)20-8-4-6-18(13-20)15-31-23-11-3-2-10-22(23)29-27(31)28/h2-14H,15-16H2,1H3,(H2,28,29)(H,34,35). The van der Waals surface area contributed by atoms with Crippen molar-refractivity contribution in [2.45, 2.75) is 20.0 Å². The van der Waals surface area contributed by atoms with Gasteiger partial charge in [-0.2, -0.15) is 5.10 Å². The van der Waals surface area contributed by atoms with E-state index in [-0.39, 0.29) is 17.7 Å². The molecule has 8 heteroatoms. The number of carboxylic acid groups (broad SMARTS) is 1. The first-order valence-electron chi connectivity index (χ1n) is 11.1. The topological polar surface area (TPSA) is 116 Å². The summed E-state index contributed by atoms with van der Waals surface area (Å²) in [5, 5.41) is 13.9. The third-order valence-electron chi connectivity index (χ3n) is 5.92. The Morgan fingerprint density at radius 2 is 1.69 bits per heavy atom. The highest BCUT2D eigenvalue weighted by Gasteiger charge is 2.12. The molecule has 0 radical (unpaired) electrons. The zero-order chi connectivity index (χ0) is 24.5. The first kappa shape index (κ1) is 22.1. The minimum atomic E-state index is -1.01. The van der Waals surface area contributed by atoms with Crippen molar-refractivity contribution in [2.75, 3.05) is 5.73 Å². The molecule has 0 saturated carbocycles. The summed E-state index contributed by atoms with van der Waals surface area (Å²) in [5.74, 6) is -0.567. The van der Waals surface area contributed by atoms with Gasteiger partial charge < -0.3 is 15.4 Å². The summed E-state index contributed by atoms with van der Waals surface area (Å²) in [5.41, 5.74) is 11.9. The van der Waals surface area contributed by atoms with E-state index >= 15 is 0 Å². The molecular formula is C27H23N5O3. The molecule has 5 rings (SSSR count). The number of hydrogen-bond acceptors (Lipinski definition) is 5. The molecule has 8 nitrogen and oxygen atoms in total. The number of rotatable bonds is 6. The number of aromatic carboxylic acids is 1. The Balaban J connectivity index is 1.49. The minimum absolute atomic E-state index is 0.168. The van der Waals surface area contributed by atoms with Gasteiger partial charge in [-0.25, -0.2) is 14.5 Å². The number of hydrogen-bond donors (Lipinski definition) is 2. The summed E-state index contributed by atoms with van der Waals surface area (Å²) < 4.78 is 3.32. The molecule has 3 aromatic carbocycles. The highest BCUT2D eigenvalue weighted by Crippen LogP contribution is 2.24. The fourth-order valence-electron chi connectivity index (χ4n) is 4.21. The van der Waals surface area contributed by atoms with E-state index in [1.807, 2.05) is 60.0 Å².